The molecule has 2 aliphatic rings. The Kier molecular flexibility index (Phi) is 4.34. The number of aryl methyl sites for hydroxylation is 1. The number of piperidine rings is 1. The predicted molar refractivity (Wildman–Crippen MR) is 93.0 cm³/mol. The summed E-state index contributed by atoms with van der Waals surface area (Å²) in [5.74, 6) is 0.615. The van der Waals surface area contributed by atoms with Crippen LogP contribution in [0.25, 0.3) is 0 Å². The lowest BCUT2D eigenvalue weighted by atomic mass is 10.0. The number of nitrogens with zero attached hydrogens (tertiary/aromatic N) is 3. The molecule has 0 bridgehead atoms. The van der Waals surface area contributed by atoms with Gasteiger partial charge in [-0.05, 0) is 56.4 Å². The third kappa shape index (κ3) is 3.34. The smallest absolute Gasteiger partial charge is 0.253 e. The lowest BCUT2D eigenvalue weighted by Gasteiger charge is -2.33. The first-order valence-corrected chi connectivity index (χ1v) is 8.85. The molecule has 1 aromatic heterocycles. The number of fused-ring (bicyclic) bond motifs is 1. The fourth-order valence-corrected chi connectivity index (χ4v) is 3.68. The van der Waals surface area contributed by atoms with Crippen molar-refractivity contribution >= 4 is 11.7 Å². The second-order valence-corrected chi connectivity index (χ2v) is 6.72. The van der Waals surface area contributed by atoms with E-state index in [2.05, 4.69) is 15.3 Å². The van der Waals surface area contributed by atoms with Crippen LogP contribution in [0, 0.1) is 5.82 Å². The summed E-state index contributed by atoms with van der Waals surface area (Å²) < 4.78 is 13.0. The minimum Gasteiger partial charge on any atom is -0.367 e. The van der Waals surface area contributed by atoms with Crippen LogP contribution in [-0.4, -0.2) is 39.9 Å². The number of rotatable bonds is 3. The topological polar surface area (TPSA) is 58.1 Å². The van der Waals surface area contributed by atoms with Crippen LogP contribution in [-0.2, 0) is 12.8 Å². The molecule has 1 N–H and O–H groups in total. The zero-order chi connectivity index (χ0) is 17.2. The largest absolute Gasteiger partial charge is 0.367 e. The molecule has 0 saturated carbocycles. The zero-order valence-corrected chi connectivity index (χ0v) is 14.0. The molecule has 1 aliphatic heterocycles. The highest BCUT2D eigenvalue weighted by molar-refractivity contribution is 5.94. The Morgan fingerprint density at radius 2 is 1.88 bits per heavy atom. The number of hydrogen-bond donors (Lipinski definition) is 1. The molecule has 2 aromatic rings. The van der Waals surface area contributed by atoms with E-state index in [-0.39, 0.29) is 11.7 Å². The molecule has 6 heteroatoms. The first kappa shape index (κ1) is 16.0. The third-order valence-corrected chi connectivity index (χ3v) is 5.09. The van der Waals surface area contributed by atoms with E-state index in [4.69, 9.17) is 0 Å². The van der Waals surface area contributed by atoms with Crippen LogP contribution >= 0.6 is 0 Å². The maximum absolute atomic E-state index is 13.0. The number of benzene rings is 1. The van der Waals surface area contributed by atoms with E-state index in [9.17, 15) is 9.18 Å². The Morgan fingerprint density at radius 1 is 1.12 bits per heavy atom. The van der Waals surface area contributed by atoms with E-state index in [1.807, 2.05) is 4.90 Å². The molecule has 130 valence electrons. The fourth-order valence-electron chi connectivity index (χ4n) is 3.68. The van der Waals surface area contributed by atoms with Gasteiger partial charge in [-0.25, -0.2) is 14.4 Å². The zero-order valence-electron chi connectivity index (χ0n) is 14.0. The van der Waals surface area contributed by atoms with Gasteiger partial charge in [0.05, 0.1) is 0 Å². The van der Waals surface area contributed by atoms with Crippen LogP contribution in [0.15, 0.2) is 30.6 Å². The average molecular weight is 340 g/mol. The molecule has 0 spiro atoms. The molecule has 2 heterocycles. The molecule has 0 radical (unpaired) electrons. The number of amides is 1. The Hall–Kier alpha value is -2.50. The van der Waals surface area contributed by atoms with E-state index in [0.717, 1.165) is 37.9 Å². The Bertz CT molecular complexity index is 769. The van der Waals surface area contributed by atoms with Crippen LogP contribution < -0.4 is 5.32 Å². The number of hydrogen-bond acceptors (Lipinski definition) is 4. The van der Waals surface area contributed by atoms with Crippen LogP contribution in [0.1, 0.15) is 40.9 Å². The summed E-state index contributed by atoms with van der Waals surface area (Å²) in [6.07, 6.45) is 6.63. The van der Waals surface area contributed by atoms with Crippen molar-refractivity contribution in [2.24, 2.45) is 0 Å². The SMILES string of the molecule is O=C(c1ccc(F)cc1)N1CCC(Nc2ncnc3c2CCC3)CC1. The highest BCUT2D eigenvalue weighted by atomic mass is 19.1. The minimum absolute atomic E-state index is 0.0265. The molecular formula is C19H21FN4O. The molecule has 1 aliphatic carbocycles. The summed E-state index contributed by atoms with van der Waals surface area (Å²) in [5, 5.41) is 3.55. The van der Waals surface area contributed by atoms with Crippen molar-refractivity contribution in [1.82, 2.24) is 14.9 Å². The van der Waals surface area contributed by atoms with Gasteiger partial charge >= 0.3 is 0 Å². The quantitative estimate of drug-likeness (QED) is 0.933. The van der Waals surface area contributed by atoms with Crippen molar-refractivity contribution in [3.8, 4) is 0 Å². The summed E-state index contributed by atoms with van der Waals surface area (Å²) in [7, 11) is 0. The molecule has 0 unspecified atom stereocenters. The van der Waals surface area contributed by atoms with Gasteiger partial charge in [-0.1, -0.05) is 0 Å². The van der Waals surface area contributed by atoms with Crippen LogP contribution in [0.5, 0.6) is 0 Å². The van der Waals surface area contributed by atoms with E-state index in [1.165, 1.54) is 23.4 Å². The Morgan fingerprint density at radius 3 is 2.64 bits per heavy atom. The van der Waals surface area contributed by atoms with Gasteiger partial charge in [0.1, 0.15) is 18.0 Å². The Labute approximate surface area is 146 Å². The average Bonchev–Trinajstić information content (AvgIpc) is 3.12. The molecule has 1 fully saturated rings. The molecule has 1 aromatic carbocycles. The minimum atomic E-state index is -0.322. The van der Waals surface area contributed by atoms with Crippen molar-refractivity contribution in [3.63, 3.8) is 0 Å². The second-order valence-electron chi connectivity index (χ2n) is 6.72. The number of nitrogens with one attached hydrogen (secondary N) is 1. The van der Waals surface area contributed by atoms with Gasteiger partial charge < -0.3 is 10.2 Å². The summed E-state index contributed by atoms with van der Waals surface area (Å²) in [6.45, 7) is 1.39. The molecular weight excluding hydrogens is 319 g/mol. The second kappa shape index (κ2) is 6.78. The maximum Gasteiger partial charge on any atom is 0.253 e. The van der Waals surface area contributed by atoms with Gasteiger partial charge in [0, 0.05) is 36.0 Å². The number of carbonyl (C=O) groups is 1. The highest BCUT2D eigenvalue weighted by Gasteiger charge is 2.25. The lowest BCUT2D eigenvalue weighted by molar-refractivity contribution is 0.0718. The van der Waals surface area contributed by atoms with Gasteiger partial charge in [0.2, 0.25) is 0 Å². The van der Waals surface area contributed by atoms with Gasteiger partial charge in [0.25, 0.3) is 5.91 Å². The summed E-state index contributed by atoms with van der Waals surface area (Å²) >= 11 is 0. The van der Waals surface area contributed by atoms with E-state index < -0.39 is 0 Å². The lowest BCUT2D eigenvalue weighted by Crippen LogP contribution is -2.42. The summed E-state index contributed by atoms with van der Waals surface area (Å²) in [4.78, 5) is 23.1. The van der Waals surface area contributed by atoms with Gasteiger partial charge in [-0.2, -0.15) is 0 Å². The number of aromatic nitrogens is 2. The Balaban J connectivity index is 1.36. The molecule has 5 nitrogen and oxygen atoms in total. The van der Waals surface area contributed by atoms with Crippen LogP contribution in [0.2, 0.25) is 0 Å². The van der Waals surface area contributed by atoms with Crippen LogP contribution in [0.3, 0.4) is 0 Å². The number of anilines is 1. The first-order valence-electron chi connectivity index (χ1n) is 8.85. The monoisotopic (exact) mass is 340 g/mol. The fraction of sp³-hybridized carbons (Fsp3) is 0.421. The van der Waals surface area contributed by atoms with Crippen molar-refractivity contribution in [2.75, 3.05) is 18.4 Å². The highest BCUT2D eigenvalue weighted by Crippen LogP contribution is 2.27. The number of likely N-dealkylation sites (tertiary alicyclic amines) is 1. The van der Waals surface area contributed by atoms with Crippen molar-refractivity contribution in [3.05, 3.63) is 53.2 Å². The maximum atomic E-state index is 13.0. The number of halogens is 1. The predicted octanol–water partition coefficient (Wildman–Crippen LogP) is 2.82. The van der Waals surface area contributed by atoms with Gasteiger partial charge in [0.15, 0.2) is 0 Å². The summed E-state index contributed by atoms with van der Waals surface area (Å²) in [5.41, 5.74) is 2.97. The molecule has 1 amide bonds. The normalized spacial score (nSPS) is 17.4. The van der Waals surface area contributed by atoms with Crippen molar-refractivity contribution < 1.29 is 9.18 Å². The van der Waals surface area contributed by atoms with E-state index >= 15 is 0 Å². The van der Waals surface area contributed by atoms with Crippen molar-refractivity contribution in [2.45, 2.75) is 38.1 Å². The van der Waals surface area contributed by atoms with Crippen molar-refractivity contribution in [1.29, 1.82) is 0 Å². The molecule has 25 heavy (non-hydrogen) atoms. The molecule has 0 atom stereocenters. The van der Waals surface area contributed by atoms with Gasteiger partial charge in [-0.3, -0.25) is 4.79 Å². The van der Waals surface area contributed by atoms with Crippen LogP contribution in [0.4, 0.5) is 10.2 Å². The van der Waals surface area contributed by atoms with E-state index in [1.54, 1.807) is 18.5 Å². The first-order chi connectivity index (χ1) is 12.2. The summed E-state index contributed by atoms with van der Waals surface area (Å²) in [6, 6.07) is 6.07. The van der Waals surface area contributed by atoms with Gasteiger partial charge in [-0.15, -0.1) is 0 Å². The standard InChI is InChI=1S/C19H21FN4O/c20-14-6-4-13(5-7-14)19(25)24-10-8-15(9-11-24)23-18-16-2-1-3-17(16)21-12-22-18/h4-7,12,15H,1-3,8-11H2,(H,21,22,23). The molecule has 1 saturated heterocycles. The third-order valence-electron chi connectivity index (χ3n) is 5.09. The molecule has 4 rings (SSSR count). The number of carbonyl (C=O) groups excluding carboxylic acids is 1. The van der Waals surface area contributed by atoms with E-state index in [0.29, 0.717) is 24.7 Å².